The number of rotatable bonds is 2. The molecule has 1 heterocycles. The van der Waals surface area contributed by atoms with Crippen LogP contribution in [-0.2, 0) is 0 Å². The van der Waals surface area contributed by atoms with Crippen molar-refractivity contribution in [3.63, 3.8) is 0 Å². The summed E-state index contributed by atoms with van der Waals surface area (Å²) in [5.74, 6) is -0.355. The summed E-state index contributed by atoms with van der Waals surface area (Å²) < 4.78 is 0. The predicted molar refractivity (Wildman–Crippen MR) is 96.9 cm³/mol. The molecular weight excluding hydrogens is 330 g/mol. The molecule has 0 radical (unpaired) electrons. The number of hydrogen-bond acceptors (Lipinski definition) is 3. The molecule has 2 N–H and O–H groups in total. The highest BCUT2D eigenvalue weighted by atomic mass is 35.5. The lowest BCUT2D eigenvalue weighted by molar-refractivity contribution is 0.0978. The molecule has 0 fully saturated rings. The second-order valence-corrected chi connectivity index (χ2v) is 5.58. The van der Waals surface area contributed by atoms with Gasteiger partial charge in [0.1, 0.15) is 0 Å². The van der Waals surface area contributed by atoms with Gasteiger partial charge in [-0.25, -0.2) is 0 Å². The van der Waals surface area contributed by atoms with E-state index in [0.29, 0.717) is 10.6 Å². The molecule has 1 amide bonds. The lowest BCUT2D eigenvalue weighted by atomic mass is 10.2. The molecule has 3 aromatic rings. The van der Waals surface area contributed by atoms with E-state index in [-0.39, 0.29) is 11.0 Å². The zero-order valence-electron chi connectivity index (χ0n) is 11.9. The van der Waals surface area contributed by atoms with Gasteiger partial charge in [0.15, 0.2) is 5.11 Å². The van der Waals surface area contributed by atoms with E-state index in [2.05, 4.69) is 15.6 Å². The number of hydrogen-bond donors (Lipinski definition) is 2. The van der Waals surface area contributed by atoms with Crippen molar-refractivity contribution in [3.05, 3.63) is 71.4 Å². The van der Waals surface area contributed by atoms with Crippen molar-refractivity contribution < 1.29 is 4.79 Å². The molecule has 0 saturated heterocycles. The molecule has 2 aromatic carbocycles. The Balaban J connectivity index is 1.77. The molecule has 0 spiro atoms. The highest BCUT2D eigenvalue weighted by Crippen LogP contribution is 2.21. The highest BCUT2D eigenvalue weighted by Gasteiger charge is 2.11. The molecule has 0 aliphatic rings. The van der Waals surface area contributed by atoms with E-state index in [1.54, 1.807) is 30.5 Å². The zero-order valence-corrected chi connectivity index (χ0v) is 13.5. The Morgan fingerprint density at radius 3 is 2.70 bits per heavy atom. The Hall–Kier alpha value is -2.50. The molecule has 114 valence electrons. The topological polar surface area (TPSA) is 54.0 Å². The molecule has 4 nitrogen and oxygen atoms in total. The number of nitrogens with zero attached hydrogens (tertiary/aromatic N) is 1. The van der Waals surface area contributed by atoms with Crippen LogP contribution in [0, 0.1) is 0 Å². The van der Waals surface area contributed by atoms with Crippen LogP contribution in [0.1, 0.15) is 10.4 Å². The number of benzene rings is 2. The Kier molecular flexibility index (Phi) is 4.50. The van der Waals surface area contributed by atoms with Gasteiger partial charge < -0.3 is 5.32 Å². The van der Waals surface area contributed by atoms with E-state index in [9.17, 15) is 4.79 Å². The van der Waals surface area contributed by atoms with Crippen LogP contribution in [0.3, 0.4) is 0 Å². The number of halogens is 1. The van der Waals surface area contributed by atoms with Crippen molar-refractivity contribution in [3.8, 4) is 0 Å². The summed E-state index contributed by atoms with van der Waals surface area (Å²) >= 11 is 11.2. The quantitative estimate of drug-likeness (QED) is 0.691. The lowest BCUT2D eigenvalue weighted by Gasteiger charge is -2.12. The monoisotopic (exact) mass is 341 g/mol. The number of nitrogens with one attached hydrogen (secondary N) is 2. The lowest BCUT2D eigenvalue weighted by Crippen LogP contribution is -2.34. The Bertz CT molecular complexity index is 892. The maximum atomic E-state index is 12.2. The molecule has 0 unspecified atom stereocenters. The number of fused-ring (bicyclic) bond motifs is 1. The Labute approximate surface area is 143 Å². The summed E-state index contributed by atoms with van der Waals surface area (Å²) in [6.45, 7) is 0. The molecule has 0 bridgehead atoms. The zero-order chi connectivity index (χ0) is 16.2. The molecule has 0 atom stereocenters. The first-order valence-electron chi connectivity index (χ1n) is 6.86. The third-order valence-electron chi connectivity index (χ3n) is 3.24. The fraction of sp³-hybridized carbons (Fsp3) is 0. The van der Waals surface area contributed by atoms with Crippen LogP contribution in [0.5, 0.6) is 0 Å². The van der Waals surface area contributed by atoms with Crippen LogP contribution in [-0.4, -0.2) is 16.0 Å². The second-order valence-electron chi connectivity index (χ2n) is 4.76. The van der Waals surface area contributed by atoms with Crippen LogP contribution in [0.2, 0.25) is 5.02 Å². The summed E-state index contributed by atoms with van der Waals surface area (Å²) in [6, 6.07) is 16.2. The van der Waals surface area contributed by atoms with Crippen LogP contribution < -0.4 is 10.6 Å². The Morgan fingerprint density at radius 1 is 1.04 bits per heavy atom. The standard InChI is InChI=1S/C17H12ClN3OS/c18-13-7-2-1-5-11(13)16(22)21-17(23)20-15-9-3-8-14-12(15)6-4-10-19-14/h1-10H,(H2,20,21,22,23). The fourth-order valence-electron chi connectivity index (χ4n) is 2.18. The van der Waals surface area contributed by atoms with Crippen LogP contribution in [0.4, 0.5) is 5.69 Å². The summed E-state index contributed by atoms with van der Waals surface area (Å²) in [6.07, 6.45) is 1.73. The van der Waals surface area contributed by atoms with Crippen molar-refractivity contribution in [1.82, 2.24) is 10.3 Å². The number of aromatic nitrogens is 1. The number of amides is 1. The fourth-order valence-corrected chi connectivity index (χ4v) is 2.61. The van der Waals surface area contributed by atoms with Crippen molar-refractivity contribution >= 4 is 51.4 Å². The van der Waals surface area contributed by atoms with E-state index < -0.39 is 0 Å². The number of anilines is 1. The third kappa shape index (κ3) is 3.47. The molecule has 0 aliphatic heterocycles. The van der Waals surface area contributed by atoms with Gasteiger partial charge >= 0.3 is 0 Å². The third-order valence-corrected chi connectivity index (χ3v) is 3.77. The van der Waals surface area contributed by atoms with Crippen molar-refractivity contribution in [2.45, 2.75) is 0 Å². The van der Waals surface area contributed by atoms with Gasteiger partial charge in [0, 0.05) is 17.3 Å². The average Bonchev–Trinajstić information content (AvgIpc) is 2.55. The van der Waals surface area contributed by atoms with Gasteiger partial charge in [-0.1, -0.05) is 29.8 Å². The van der Waals surface area contributed by atoms with E-state index in [0.717, 1.165) is 16.6 Å². The molecule has 23 heavy (non-hydrogen) atoms. The molecule has 3 rings (SSSR count). The maximum Gasteiger partial charge on any atom is 0.258 e. The van der Waals surface area contributed by atoms with Crippen molar-refractivity contribution in [2.75, 3.05) is 5.32 Å². The number of thiocarbonyl (C=S) groups is 1. The minimum absolute atomic E-state index is 0.200. The SMILES string of the molecule is O=C(NC(=S)Nc1cccc2ncccc12)c1ccccc1Cl. The highest BCUT2D eigenvalue weighted by molar-refractivity contribution is 7.80. The first-order chi connectivity index (χ1) is 11.1. The molecule has 6 heteroatoms. The van der Waals surface area contributed by atoms with Gasteiger partial charge in [-0.05, 0) is 48.6 Å². The van der Waals surface area contributed by atoms with Crippen LogP contribution >= 0.6 is 23.8 Å². The first kappa shape index (κ1) is 15.4. The summed E-state index contributed by atoms with van der Waals surface area (Å²) in [5, 5.41) is 7.15. The summed E-state index contributed by atoms with van der Waals surface area (Å²) in [4.78, 5) is 16.5. The smallest absolute Gasteiger partial charge is 0.258 e. The summed E-state index contributed by atoms with van der Waals surface area (Å²) in [7, 11) is 0. The van der Waals surface area contributed by atoms with Gasteiger partial charge in [0.05, 0.1) is 16.1 Å². The first-order valence-corrected chi connectivity index (χ1v) is 7.64. The van der Waals surface area contributed by atoms with Crippen LogP contribution in [0.25, 0.3) is 10.9 Å². The van der Waals surface area contributed by atoms with Gasteiger partial charge in [-0.2, -0.15) is 0 Å². The maximum absolute atomic E-state index is 12.2. The molecular formula is C17H12ClN3OS. The van der Waals surface area contributed by atoms with Crippen molar-refractivity contribution in [2.24, 2.45) is 0 Å². The molecule has 1 aromatic heterocycles. The minimum Gasteiger partial charge on any atom is -0.332 e. The van der Waals surface area contributed by atoms with E-state index in [4.69, 9.17) is 23.8 Å². The van der Waals surface area contributed by atoms with Gasteiger partial charge in [-0.15, -0.1) is 0 Å². The number of carbonyl (C=O) groups excluding carboxylic acids is 1. The normalized spacial score (nSPS) is 10.3. The second kappa shape index (κ2) is 6.73. The average molecular weight is 342 g/mol. The van der Waals surface area contributed by atoms with Gasteiger partial charge in [0.2, 0.25) is 0 Å². The van der Waals surface area contributed by atoms with Crippen LogP contribution in [0.15, 0.2) is 60.8 Å². The molecule has 0 saturated carbocycles. The molecule has 0 aliphatic carbocycles. The largest absolute Gasteiger partial charge is 0.332 e. The summed E-state index contributed by atoms with van der Waals surface area (Å²) in [5.41, 5.74) is 2.00. The minimum atomic E-state index is -0.355. The predicted octanol–water partition coefficient (Wildman–Crippen LogP) is 4.02. The van der Waals surface area contributed by atoms with E-state index in [1.807, 2.05) is 30.3 Å². The van der Waals surface area contributed by atoms with E-state index in [1.165, 1.54) is 0 Å². The Morgan fingerprint density at radius 2 is 1.87 bits per heavy atom. The number of pyridine rings is 1. The van der Waals surface area contributed by atoms with Gasteiger partial charge in [-0.3, -0.25) is 15.1 Å². The van der Waals surface area contributed by atoms with Crippen molar-refractivity contribution in [1.29, 1.82) is 0 Å². The van der Waals surface area contributed by atoms with E-state index >= 15 is 0 Å². The van der Waals surface area contributed by atoms with Gasteiger partial charge in [0.25, 0.3) is 5.91 Å². The number of carbonyl (C=O) groups is 1.